The maximum absolute atomic E-state index is 13.1. The molecule has 0 fully saturated rings. The lowest BCUT2D eigenvalue weighted by atomic mass is 10.2. The third kappa shape index (κ3) is 2.65. The molecule has 1 rings (SSSR count). The molecule has 1 N–H and O–H groups in total. The Morgan fingerprint density at radius 1 is 1.62 bits per heavy atom. The quantitative estimate of drug-likeness (QED) is 0.832. The lowest BCUT2D eigenvalue weighted by molar-refractivity contribution is 0.0952. The van der Waals surface area contributed by atoms with Crippen molar-refractivity contribution in [3.63, 3.8) is 0 Å². The van der Waals surface area contributed by atoms with E-state index in [2.05, 4.69) is 5.32 Å². The van der Waals surface area contributed by atoms with Gasteiger partial charge >= 0.3 is 0 Å². The van der Waals surface area contributed by atoms with Gasteiger partial charge in [-0.15, -0.1) is 0 Å². The summed E-state index contributed by atoms with van der Waals surface area (Å²) in [5.41, 5.74) is 0.105. The smallest absolute Gasteiger partial charge is 0.254 e. The predicted molar refractivity (Wildman–Crippen MR) is 57.1 cm³/mol. The van der Waals surface area contributed by atoms with Crippen LogP contribution in [0.3, 0.4) is 0 Å². The number of halogens is 2. The molecule has 0 radical (unpaired) electrons. The van der Waals surface area contributed by atoms with Crippen LogP contribution < -0.4 is 5.32 Å². The summed E-state index contributed by atoms with van der Waals surface area (Å²) in [5, 5.41) is 2.55. The van der Waals surface area contributed by atoms with Crippen molar-refractivity contribution in [2.75, 3.05) is 6.54 Å². The highest BCUT2D eigenvalue weighted by molar-refractivity contribution is 14.1. The van der Waals surface area contributed by atoms with Crippen LogP contribution in [-0.2, 0) is 0 Å². The average molecular weight is 293 g/mol. The van der Waals surface area contributed by atoms with Gasteiger partial charge in [-0.1, -0.05) is 0 Å². The molecule has 0 aliphatic rings. The molecule has 0 aliphatic carbocycles. The third-order valence-electron chi connectivity index (χ3n) is 1.51. The van der Waals surface area contributed by atoms with Crippen molar-refractivity contribution >= 4 is 28.5 Å². The SMILES string of the molecule is CCNC(=O)c1cc(I)ccc1F. The van der Waals surface area contributed by atoms with Crippen LogP contribution in [0.15, 0.2) is 18.2 Å². The fraction of sp³-hybridized carbons (Fsp3) is 0.222. The van der Waals surface area contributed by atoms with Gasteiger partial charge in [-0.2, -0.15) is 0 Å². The molecule has 0 heterocycles. The first-order chi connectivity index (χ1) is 6.15. The van der Waals surface area contributed by atoms with Crippen molar-refractivity contribution in [1.82, 2.24) is 5.32 Å². The van der Waals surface area contributed by atoms with E-state index in [9.17, 15) is 9.18 Å². The minimum Gasteiger partial charge on any atom is -0.352 e. The van der Waals surface area contributed by atoms with Crippen molar-refractivity contribution in [2.45, 2.75) is 6.92 Å². The van der Waals surface area contributed by atoms with Crippen LogP contribution >= 0.6 is 22.6 Å². The first-order valence-electron chi connectivity index (χ1n) is 3.88. The van der Waals surface area contributed by atoms with Gasteiger partial charge in [0.2, 0.25) is 0 Å². The number of carbonyl (C=O) groups is 1. The monoisotopic (exact) mass is 293 g/mol. The molecule has 13 heavy (non-hydrogen) atoms. The van der Waals surface area contributed by atoms with Gasteiger partial charge < -0.3 is 5.32 Å². The van der Waals surface area contributed by atoms with Crippen LogP contribution in [0.1, 0.15) is 17.3 Å². The van der Waals surface area contributed by atoms with Crippen LogP contribution in [0.5, 0.6) is 0 Å². The summed E-state index contributed by atoms with van der Waals surface area (Å²) in [4.78, 5) is 11.3. The summed E-state index contributed by atoms with van der Waals surface area (Å²) < 4.78 is 13.9. The van der Waals surface area contributed by atoms with Crippen molar-refractivity contribution in [1.29, 1.82) is 0 Å². The molecule has 0 aromatic heterocycles. The summed E-state index contributed by atoms with van der Waals surface area (Å²) in [6, 6.07) is 4.45. The Hall–Kier alpha value is -0.650. The topological polar surface area (TPSA) is 29.1 Å². The Balaban J connectivity index is 2.99. The standard InChI is InChI=1S/C9H9FINO/c1-2-12-9(13)7-5-6(11)3-4-8(7)10/h3-5H,2H2,1H3,(H,12,13). The van der Waals surface area contributed by atoms with E-state index in [1.54, 1.807) is 13.0 Å². The van der Waals surface area contributed by atoms with Crippen LogP contribution in [0, 0.1) is 9.39 Å². The summed E-state index contributed by atoms with van der Waals surface area (Å²) in [6.07, 6.45) is 0. The van der Waals surface area contributed by atoms with Gasteiger partial charge in [-0.3, -0.25) is 4.79 Å². The molecule has 1 amide bonds. The Labute approximate surface area is 89.7 Å². The number of benzene rings is 1. The highest BCUT2D eigenvalue weighted by atomic mass is 127. The molecule has 1 aromatic carbocycles. The van der Waals surface area contributed by atoms with Gasteiger partial charge in [0, 0.05) is 10.1 Å². The van der Waals surface area contributed by atoms with E-state index < -0.39 is 5.82 Å². The summed E-state index contributed by atoms with van der Waals surface area (Å²) in [5.74, 6) is -0.843. The predicted octanol–water partition coefficient (Wildman–Crippen LogP) is 2.18. The molecule has 0 saturated heterocycles. The van der Waals surface area contributed by atoms with Crippen LogP contribution in [-0.4, -0.2) is 12.5 Å². The van der Waals surface area contributed by atoms with Gasteiger partial charge in [0.25, 0.3) is 5.91 Å². The minimum atomic E-state index is -0.480. The summed E-state index contributed by atoms with van der Waals surface area (Å²) in [7, 11) is 0. The second kappa shape index (κ2) is 4.55. The summed E-state index contributed by atoms with van der Waals surface area (Å²) >= 11 is 2.04. The minimum absolute atomic E-state index is 0.105. The fourth-order valence-corrected chi connectivity index (χ4v) is 1.42. The largest absolute Gasteiger partial charge is 0.352 e. The van der Waals surface area contributed by atoms with Gasteiger partial charge in [0.05, 0.1) is 5.56 Å². The molecule has 2 nitrogen and oxygen atoms in total. The summed E-state index contributed by atoms with van der Waals surface area (Å²) in [6.45, 7) is 2.30. The van der Waals surface area contributed by atoms with Crippen molar-refractivity contribution < 1.29 is 9.18 Å². The van der Waals surface area contributed by atoms with E-state index in [4.69, 9.17) is 0 Å². The Morgan fingerprint density at radius 3 is 2.92 bits per heavy atom. The number of amides is 1. The highest BCUT2D eigenvalue weighted by Gasteiger charge is 2.10. The zero-order chi connectivity index (χ0) is 9.84. The fourth-order valence-electron chi connectivity index (χ4n) is 0.927. The van der Waals surface area contributed by atoms with E-state index in [0.717, 1.165) is 3.57 Å². The zero-order valence-electron chi connectivity index (χ0n) is 7.10. The lowest BCUT2D eigenvalue weighted by Gasteiger charge is -2.03. The maximum Gasteiger partial charge on any atom is 0.254 e. The molecule has 1 aromatic rings. The van der Waals surface area contributed by atoms with Crippen LogP contribution in [0.4, 0.5) is 4.39 Å². The van der Waals surface area contributed by atoms with Crippen LogP contribution in [0.25, 0.3) is 0 Å². The van der Waals surface area contributed by atoms with Crippen molar-refractivity contribution in [3.8, 4) is 0 Å². The molecule has 0 bridgehead atoms. The Kier molecular flexibility index (Phi) is 3.65. The van der Waals surface area contributed by atoms with Gasteiger partial charge in [-0.25, -0.2) is 4.39 Å². The Morgan fingerprint density at radius 2 is 2.31 bits per heavy atom. The molecular weight excluding hydrogens is 284 g/mol. The number of nitrogens with one attached hydrogen (secondary N) is 1. The first-order valence-corrected chi connectivity index (χ1v) is 4.96. The lowest BCUT2D eigenvalue weighted by Crippen LogP contribution is -2.23. The zero-order valence-corrected chi connectivity index (χ0v) is 9.26. The van der Waals surface area contributed by atoms with Crippen molar-refractivity contribution in [3.05, 3.63) is 33.1 Å². The number of rotatable bonds is 2. The molecule has 70 valence electrons. The molecule has 0 aliphatic heterocycles. The number of carbonyl (C=O) groups excluding carboxylic acids is 1. The van der Waals surface area contributed by atoms with Gasteiger partial charge in [-0.05, 0) is 47.7 Å². The molecule has 0 atom stereocenters. The van der Waals surface area contributed by atoms with Gasteiger partial charge in [0.15, 0.2) is 0 Å². The maximum atomic E-state index is 13.1. The van der Waals surface area contributed by atoms with Crippen molar-refractivity contribution in [2.24, 2.45) is 0 Å². The van der Waals surface area contributed by atoms with E-state index in [1.165, 1.54) is 12.1 Å². The van der Waals surface area contributed by atoms with E-state index in [-0.39, 0.29) is 11.5 Å². The molecule has 4 heteroatoms. The average Bonchev–Trinajstić information content (AvgIpc) is 2.09. The molecular formula is C9H9FINO. The Bertz CT molecular complexity index is 327. The molecule has 0 unspecified atom stereocenters. The van der Waals surface area contributed by atoms with Crippen LogP contribution in [0.2, 0.25) is 0 Å². The number of hydrogen-bond donors (Lipinski definition) is 1. The van der Waals surface area contributed by atoms with E-state index >= 15 is 0 Å². The number of hydrogen-bond acceptors (Lipinski definition) is 1. The molecule has 0 saturated carbocycles. The second-order valence-corrected chi connectivity index (χ2v) is 3.73. The normalized spacial score (nSPS) is 9.77. The first kappa shape index (κ1) is 10.4. The second-order valence-electron chi connectivity index (χ2n) is 2.48. The van der Waals surface area contributed by atoms with E-state index in [1.807, 2.05) is 22.6 Å². The van der Waals surface area contributed by atoms with Gasteiger partial charge in [0.1, 0.15) is 5.82 Å². The molecule has 0 spiro atoms. The third-order valence-corrected chi connectivity index (χ3v) is 2.18. The highest BCUT2D eigenvalue weighted by Crippen LogP contribution is 2.12. The van der Waals surface area contributed by atoms with E-state index in [0.29, 0.717) is 6.54 Å².